The molecule has 3 nitrogen and oxygen atoms in total. The van der Waals surface area contributed by atoms with Crippen LogP contribution in [0.15, 0.2) is 42.5 Å². The van der Waals surface area contributed by atoms with Crippen LogP contribution in [-0.2, 0) is 0 Å². The Labute approximate surface area is 127 Å². The second kappa shape index (κ2) is 6.64. The van der Waals surface area contributed by atoms with Crippen molar-refractivity contribution in [2.24, 2.45) is 5.73 Å². The van der Waals surface area contributed by atoms with E-state index in [9.17, 15) is 0 Å². The Morgan fingerprint density at radius 1 is 1.10 bits per heavy atom. The summed E-state index contributed by atoms with van der Waals surface area (Å²) >= 11 is 0. The molecule has 0 bridgehead atoms. The van der Waals surface area contributed by atoms with E-state index in [1.54, 1.807) is 7.11 Å². The van der Waals surface area contributed by atoms with Gasteiger partial charge in [-0.3, -0.25) is 0 Å². The summed E-state index contributed by atoms with van der Waals surface area (Å²) in [5.41, 5.74) is 10.9. The third kappa shape index (κ3) is 3.19. The maximum atomic E-state index is 6.04. The van der Waals surface area contributed by atoms with Crippen LogP contribution in [-0.4, -0.2) is 20.7 Å². The smallest absolute Gasteiger partial charge is 0.142 e. The third-order valence-corrected chi connectivity index (χ3v) is 4.07. The van der Waals surface area contributed by atoms with Crippen molar-refractivity contribution in [2.75, 3.05) is 25.6 Å². The molecule has 2 rings (SSSR count). The number of likely N-dealkylation sites (N-methyl/N-ethyl adjacent to an activating group) is 1. The molecule has 0 spiro atoms. The van der Waals surface area contributed by atoms with Gasteiger partial charge in [0.2, 0.25) is 0 Å². The first-order valence-corrected chi connectivity index (χ1v) is 7.21. The van der Waals surface area contributed by atoms with Crippen molar-refractivity contribution >= 4 is 5.69 Å². The van der Waals surface area contributed by atoms with Crippen molar-refractivity contribution in [3.63, 3.8) is 0 Å². The quantitative estimate of drug-likeness (QED) is 0.914. The van der Waals surface area contributed by atoms with Gasteiger partial charge in [-0.05, 0) is 42.7 Å². The highest BCUT2D eigenvalue weighted by atomic mass is 16.5. The van der Waals surface area contributed by atoms with Gasteiger partial charge in [0.15, 0.2) is 0 Å². The predicted molar refractivity (Wildman–Crippen MR) is 89.1 cm³/mol. The van der Waals surface area contributed by atoms with Gasteiger partial charge >= 0.3 is 0 Å². The molecule has 0 aliphatic heterocycles. The molecule has 0 aliphatic rings. The molecule has 0 saturated heterocycles. The minimum Gasteiger partial charge on any atom is -0.495 e. The second-order valence-corrected chi connectivity index (χ2v) is 5.38. The number of aryl methyl sites for hydroxylation is 2. The Bertz CT molecular complexity index is 610. The van der Waals surface area contributed by atoms with E-state index in [-0.39, 0.29) is 6.04 Å². The highest BCUT2D eigenvalue weighted by molar-refractivity contribution is 5.59. The molecule has 21 heavy (non-hydrogen) atoms. The summed E-state index contributed by atoms with van der Waals surface area (Å²) in [6.07, 6.45) is 0. The summed E-state index contributed by atoms with van der Waals surface area (Å²) in [5.74, 6) is 0.863. The molecule has 0 heterocycles. The Hall–Kier alpha value is -2.00. The Kier molecular flexibility index (Phi) is 4.86. The molecular weight excluding hydrogens is 260 g/mol. The van der Waals surface area contributed by atoms with E-state index in [2.05, 4.69) is 50.1 Å². The molecule has 1 unspecified atom stereocenters. The fourth-order valence-electron chi connectivity index (χ4n) is 2.58. The fraction of sp³-hybridized carbons (Fsp3) is 0.333. The summed E-state index contributed by atoms with van der Waals surface area (Å²) in [4.78, 5) is 2.18. The molecule has 0 aliphatic carbocycles. The number of nitrogens with zero attached hydrogens (tertiary/aromatic N) is 1. The lowest BCUT2D eigenvalue weighted by atomic mass is 9.99. The summed E-state index contributed by atoms with van der Waals surface area (Å²) < 4.78 is 5.46. The lowest BCUT2D eigenvalue weighted by Crippen LogP contribution is -2.30. The van der Waals surface area contributed by atoms with Gasteiger partial charge in [-0.1, -0.05) is 30.3 Å². The van der Waals surface area contributed by atoms with Crippen molar-refractivity contribution < 1.29 is 4.74 Å². The van der Waals surface area contributed by atoms with Crippen LogP contribution in [0.25, 0.3) is 0 Å². The molecule has 0 amide bonds. The number of para-hydroxylation sites is 2. The SMILES string of the molecule is COc1ccccc1N(C)C(CN)c1ccc(C)c(C)c1. The van der Waals surface area contributed by atoms with Crippen LogP contribution < -0.4 is 15.4 Å². The number of ether oxygens (including phenoxy) is 1. The number of rotatable bonds is 5. The van der Waals surface area contributed by atoms with Gasteiger partial charge in [0.05, 0.1) is 18.8 Å². The van der Waals surface area contributed by atoms with E-state index < -0.39 is 0 Å². The second-order valence-electron chi connectivity index (χ2n) is 5.38. The monoisotopic (exact) mass is 284 g/mol. The predicted octanol–water partition coefficient (Wildman–Crippen LogP) is 3.45. The topological polar surface area (TPSA) is 38.5 Å². The molecule has 2 aromatic rings. The molecule has 2 N–H and O–H groups in total. The van der Waals surface area contributed by atoms with Gasteiger partial charge < -0.3 is 15.4 Å². The first kappa shape index (κ1) is 15.4. The zero-order chi connectivity index (χ0) is 15.4. The van der Waals surface area contributed by atoms with E-state index >= 15 is 0 Å². The van der Waals surface area contributed by atoms with Gasteiger partial charge in [0, 0.05) is 13.6 Å². The molecule has 1 atom stereocenters. The molecule has 2 aromatic carbocycles. The van der Waals surface area contributed by atoms with Crippen molar-refractivity contribution in [3.05, 3.63) is 59.2 Å². The van der Waals surface area contributed by atoms with Crippen LogP contribution in [0.4, 0.5) is 5.69 Å². The number of nitrogens with two attached hydrogens (primary N) is 1. The average Bonchev–Trinajstić information content (AvgIpc) is 2.51. The molecule has 0 aromatic heterocycles. The van der Waals surface area contributed by atoms with E-state index in [4.69, 9.17) is 10.5 Å². The van der Waals surface area contributed by atoms with Gasteiger partial charge in [-0.15, -0.1) is 0 Å². The number of methoxy groups -OCH3 is 1. The summed E-state index contributed by atoms with van der Waals surface area (Å²) in [7, 11) is 3.75. The van der Waals surface area contributed by atoms with Crippen LogP contribution in [0.3, 0.4) is 0 Å². The van der Waals surface area contributed by atoms with E-state index in [0.717, 1.165) is 11.4 Å². The standard InChI is InChI=1S/C18H24N2O/c1-13-9-10-15(11-14(13)2)17(12-19)20(3)16-7-5-6-8-18(16)21-4/h5-11,17H,12,19H2,1-4H3. The maximum absolute atomic E-state index is 6.04. The summed E-state index contributed by atoms with van der Waals surface area (Å²) in [5, 5.41) is 0. The average molecular weight is 284 g/mol. The lowest BCUT2D eigenvalue weighted by Gasteiger charge is -2.31. The molecule has 0 fully saturated rings. The maximum Gasteiger partial charge on any atom is 0.142 e. The van der Waals surface area contributed by atoms with Crippen molar-refractivity contribution in [3.8, 4) is 5.75 Å². The Morgan fingerprint density at radius 2 is 1.81 bits per heavy atom. The van der Waals surface area contributed by atoms with Crippen LogP contribution in [0.1, 0.15) is 22.7 Å². The first-order valence-electron chi connectivity index (χ1n) is 7.21. The Balaban J connectivity index is 2.38. The number of benzene rings is 2. The molecular formula is C18H24N2O. The Morgan fingerprint density at radius 3 is 2.43 bits per heavy atom. The van der Waals surface area contributed by atoms with Gasteiger partial charge in [-0.2, -0.15) is 0 Å². The molecule has 0 saturated carbocycles. The number of hydrogen-bond acceptors (Lipinski definition) is 3. The number of anilines is 1. The molecule has 112 valence electrons. The van der Waals surface area contributed by atoms with Crippen LogP contribution >= 0.6 is 0 Å². The zero-order valence-corrected chi connectivity index (χ0v) is 13.3. The lowest BCUT2D eigenvalue weighted by molar-refractivity contribution is 0.413. The summed E-state index contributed by atoms with van der Waals surface area (Å²) in [6, 6.07) is 14.7. The van der Waals surface area contributed by atoms with Crippen LogP contribution in [0.5, 0.6) is 5.75 Å². The number of hydrogen-bond donors (Lipinski definition) is 1. The largest absolute Gasteiger partial charge is 0.495 e. The fourth-order valence-corrected chi connectivity index (χ4v) is 2.58. The highest BCUT2D eigenvalue weighted by Crippen LogP contribution is 2.32. The van der Waals surface area contributed by atoms with Crippen molar-refractivity contribution in [1.82, 2.24) is 0 Å². The minimum atomic E-state index is 0.126. The normalized spacial score (nSPS) is 12.0. The van der Waals surface area contributed by atoms with Crippen molar-refractivity contribution in [2.45, 2.75) is 19.9 Å². The highest BCUT2D eigenvalue weighted by Gasteiger charge is 2.19. The van der Waals surface area contributed by atoms with E-state index in [1.807, 2.05) is 18.2 Å². The van der Waals surface area contributed by atoms with Gasteiger partial charge in [0.25, 0.3) is 0 Å². The van der Waals surface area contributed by atoms with Crippen LogP contribution in [0.2, 0.25) is 0 Å². The minimum absolute atomic E-state index is 0.126. The van der Waals surface area contributed by atoms with Gasteiger partial charge in [-0.25, -0.2) is 0 Å². The van der Waals surface area contributed by atoms with E-state index in [1.165, 1.54) is 16.7 Å². The first-order chi connectivity index (χ1) is 10.1. The molecule has 0 radical (unpaired) electrons. The third-order valence-electron chi connectivity index (χ3n) is 4.07. The van der Waals surface area contributed by atoms with E-state index in [0.29, 0.717) is 6.54 Å². The van der Waals surface area contributed by atoms with Crippen molar-refractivity contribution in [1.29, 1.82) is 0 Å². The summed E-state index contributed by atoms with van der Waals surface area (Å²) in [6.45, 7) is 4.81. The molecule has 3 heteroatoms. The van der Waals surface area contributed by atoms with Gasteiger partial charge in [0.1, 0.15) is 5.75 Å². The zero-order valence-electron chi connectivity index (χ0n) is 13.3. The van der Waals surface area contributed by atoms with Crippen LogP contribution in [0, 0.1) is 13.8 Å².